The molecule has 0 spiro atoms. The minimum absolute atomic E-state index is 0.135. The van der Waals surface area contributed by atoms with Gasteiger partial charge in [0.15, 0.2) is 0 Å². The number of esters is 1. The standard InChI is InChI=1S/C16H30O2/c1-4-6-8-9-10-11-12-14-16(13-7-5-2)18-15(3)17/h4,6,16H,5,7-14H2,1-3H3. The van der Waals surface area contributed by atoms with Crippen LogP contribution in [0.2, 0.25) is 0 Å². The van der Waals surface area contributed by atoms with Crippen LogP contribution in [0.3, 0.4) is 0 Å². The average molecular weight is 254 g/mol. The molecule has 106 valence electrons. The van der Waals surface area contributed by atoms with Gasteiger partial charge in [0.1, 0.15) is 6.10 Å². The summed E-state index contributed by atoms with van der Waals surface area (Å²) in [6.07, 6.45) is 15.0. The van der Waals surface area contributed by atoms with Crippen molar-refractivity contribution < 1.29 is 9.53 Å². The van der Waals surface area contributed by atoms with Crippen molar-refractivity contribution >= 4 is 5.97 Å². The first-order valence-electron chi connectivity index (χ1n) is 7.49. The highest BCUT2D eigenvalue weighted by atomic mass is 16.5. The summed E-state index contributed by atoms with van der Waals surface area (Å²) in [4.78, 5) is 11.0. The topological polar surface area (TPSA) is 26.3 Å². The summed E-state index contributed by atoms with van der Waals surface area (Å²) >= 11 is 0. The van der Waals surface area contributed by atoms with E-state index in [2.05, 4.69) is 26.0 Å². The van der Waals surface area contributed by atoms with Gasteiger partial charge in [-0.2, -0.15) is 0 Å². The largest absolute Gasteiger partial charge is 0.463 e. The molecular weight excluding hydrogens is 224 g/mol. The highest BCUT2D eigenvalue weighted by Crippen LogP contribution is 2.14. The zero-order valence-corrected chi connectivity index (χ0v) is 12.4. The molecule has 0 N–H and O–H groups in total. The first-order valence-corrected chi connectivity index (χ1v) is 7.49. The number of rotatable bonds is 11. The van der Waals surface area contributed by atoms with Crippen molar-refractivity contribution in [3.05, 3.63) is 12.2 Å². The van der Waals surface area contributed by atoms with E-state index in [4.69, 9.17) is 4.74 Å². The van der Waals surface area contributed by atoms with Crippen LogP contribution in [0.5, 0.6) is 0 Å². The maximum Gasteiger partial charge on any atom is 0.302 e. The van der Waals surface area contributed by atoms with Crippen LogP contribution in [0, 0.1) is 0 Å². The number of allylic oxidation sites excluding steroid dienone is 2. The van der Waals surface area contributed by atoms with Crippen molar-refractivity contribution in [2.24, 2.45) is 0 Å². The second-order valence-corrected chi connectivity index (χ2v) is 4.93. The molecule has 0 heterocycles. The van der Waals surface area contributed by atoms with Crippen LogP contribution in [0.25, 0.3) is 0 Å². The lowest BCUT2D eigenvalue weighted by Gasteiger charge is -2.16. The lowest BCUT2D eigenvalue weighted by Crippen LogP contribution is -2.16. The molecule has 0 bridgehead atoms. The summed E-state index contributed by atoms with van der Waals surface area (Å²) < 4.78 is 5.35. The smallest absolute Gasteiger partial charge is 0.302 e. The van der Waals surface area contributed by atoms with Gasteiger partial charge < -0.3 is 4.74 Å². The van der Waals surface area contributed by atoms with Gasteiger partial charge in [-0.3, -0.25) is 4.79 Å². The number of hydrogen-bond acceptors (Lipinski definition) is 2. The second kappa shape index (κ2) is 12.7. The minimum Gasteiger partial charge on any atom is -0.463 e. The molecule has 0 aliphatic heterocycles. The van der Waals surface area contributed by atoms with Gasteiger partial charge in [0.25, 0.3) is 0 Å². The lowest BCUT2D eigenvalue weighted by molar-refractivity contribution is -0.147. The molecule has 0 fully saturated rings. The summed E-state index contributed by atoms with van der Waals surface area (Å²) in [5, 5.41) is 0. The Bertz CT molecular complexity index is 221. The molecule has 0 aromatic heterocycles. The fraction of sp³-hybridized carbons (Fsp3) is 0.812. The molecule has 0 radical (unpaired) electrons. The van der Waals surface area contributed by atoms with Gasteiger partial charge in [-0.05, 0) is 39.0 Å². The van der Waals surface area contributed by atoms with Crippen molar-refractivity contribution in [3.63, 3.8) is 0 Å². The van der Waals surface area contributed by atoms with Crippen LogP contribution in [0.1, 0.15) is 78.6 Å². The fourth-order valence-corrected chi connectivity index (χ4v) is 2.08. The van der Waals surface area contributed by atoms with E-state index in [0.717, 1.165) is 19.3 Å². The van der Waals surface area contributed by atoms with Gasteiger partial charge in [-0.25, -0.2) is 0 Å². The monoisotopic (exact) mass is 254 g/mol. The van der Waals surface area contributed by atoms with Gasteiger partial charge in [0.05, 0.1) is 0 Å². The summed E-state index contributed by atoms with van der Waals surface area (Å²) in [5.41, 5.74) is 0. The molecule has 1 unspecified atom stereocenters. The quantitative estimate of drug-likeness (QED) is 0.294. The fourth-order valence-electron chi connectivity index (χ4n) is 2.08. The molecule has 2 heteroatoms. The summed E-state index contributed by atoms with van der Waals surface area (Å²) in [7, 11) is 0. The van der Waals surface area contributed by atoms with Crippen LogP contribution < -0.4 is 0 Å². The van der Waals surface area contributed by atoms with Gasteiger partial charge in [-0.1, -0.05) is 44.8 Å². The Morgan fingerprint density at radius 3 is 2.39 bits per heavy atom. The maximum atomic E-state index is 11.0. The van der Waals surface area contributed by atoms with Crippen LogP contribution in [-0.4, -0.2) is 12.1 Å². The number of ether oxygens (including phenoxy) is 1. The van der Waals surface area contributed by atoms with Crippen molar-refractivity contribution in [1.29, 1.82) is 0 Å². The average Bonchev–Trinajstić information content (AvgIpc) is 2.34. The number of carbonyl (C=O) groups is 1. The van der Waals surface area contributed by atoms with Gasteiger partial charge >= 0.3 is 5.97 Å². The minimum atomic E-state index is -0.135. The second-order valence-electron chi connectivity index (χ2n) is 4.93. The van der Waals surface area contributed by atoms with Crippen LogP contribution in [0.15, 0.2) is 12.2 Å². The van der Waals surface area contributed by atoms with E-state index in [1.807, 2.05) is 0 Å². The first kappa shape index (κ1) is 17.2. The van der Waals surface area contributed by atoms with Gasteiger partial charge in [-0.15, -0.1) is 0 Å². The molecule has 0 rings (SSSR count). The maximum absolute atomic E-state index is 11.0. The predicted molar refractivity (Wildman–Crippen MR) is 77.6 cm³/mol. The molecule has 2 nitrogen and oxygen atoms in total. The lowest BCUT2D eigenvalue weighted by atomic mass is 10.0. The Hall–Kier alpha value is -0.790. The van der Waals surface area contributed by atoms with E-state index in [1.165, 1.54) is 45.4 Å². The third kappa shape index (κ3) is 11.7. The Labute approximate surface area is 113 Å². The normalized spacial score (nSPS) is 12.8. The molecule has 0 aromatic carbocycles. The zero-order chi connectivity index (χ0) is 13.6. The first-order chi connectivity index (χ1) is 8.70. The molecule has 0 saturated carbocycles. The van der Waals surface area contributed by atoms with E-state index in [0.29, 0.717) is 0 Å². The van der Waals surface area contributed by atoms with E-state index >= 15 is 0 Å². The van der Waals surface area contributed by atoms with Crippen molar-refractivity contribution in [2.45, 2.75) is 84.7 Å². The summed E-state index contributed by atoms with van der Waals surface area (Å²) in [5.74, 6) is -0.135. The van der Waals surface area contributed by atoms with E-state index < -0.39 is 0 Å². The predicted octanol–water partition coefficient (Wildman–Crippen LogP) is 5.03. The van der Waals surface area contributed by atoms with Gasteiger partial charge in [0.2, 0.25) is 0 Å². The number of carbonyl (C=O) groups excluding carboxylic acids is 1. The summed E-state index contributed by atoms with van der Waals surface area (Å²) in [6.45, 7) is 5.75. The SMILES string of the molecule is CC=CCCCCCCC(CCCC)OC(C)=O. The van der Waals surface area contributed by atoms with Crippen LogP contribution >= 0.6 is 0 Å². The van der Waals surface area contributed by atoms with E-state index in [9.17, 15) is 4.79 Å². The molecular formula is C16H30O2. The van der Waals surface area contributed by atoms with Crippen LogP contribution in [0.4, 0.5) is 0 Å². The third-order valence-electron chi connectivity index (χ3n) is 3.09. The molecule has 0 aromatic rings. The Kier molecular flexibility index (Phi) is 12.1. The molecule has 0 aliphatic rings. The third-order valence-corrected chi connectivity index (χ3v) is 3.09. The molecule has 18 heavy (non-hydrogen) atoms. The molecule has 0 saturated heterocycles. The van der Waals surface area contributed by atoms with Crippen molar-refractivity contribution in [2.75, 3.05) is 0 Å². The van der Waals surface area contributed by atoms with Crippen molar-refractivity contribution in [3.8, 4) is 0 Å². The highest BCUT2D eigenvalue weighted by molar-refractivity contribution is 5.66. The molecule has 0 aliphatic carbocycles. The number of unbranched alkanes of at least 4 members (excludes halogenated alkanes) is 5. The van der Waals surface area contributed by atoms with E-state index in [-0.39, 0.29) is 12.1 Å². The highest BCUT2D eigenvalue weighted by Gasteiger charge is 2.10. The van der Waals surface area contributed by atoms with Crippen LogP contribution in [-0.2, 0) is 9.53 Å². The van der Waals surface area contributed by atoms with Crippen molar-refractivity contribution in [1.82, 2.24) is 0 Å². The molecule has 1 atom stereocenters. The number of hydrogen-bond donors (Lipinski definition) is 0. The summed E-state index contributed by atoms with van der Waals surface area (Å²) in [6, 6.07) is 0. The Balaban J connectivity index is 3.58. The molecule has 0 amide bonds. The van der Waals surface area contributed by atoms with Gasteiger partial charge in [0, 0.05) is 6.92 Å². The van der Waals surface area contributed by atoms with E-state index in [1.54, 1.807) is 0 Å². The zero-order valence-electron chi connectivity index (χ0n) is 12.4. The Morgan fingerprint density at radius 1 is 1.11 bits per heavy atom. The Morgan fingerprint density at radius 2 is 1.78 bits per heavy atom.